The van der Waals surface area contributed by atoms with Crippen molar-refractivity contribution in [1.82, 2.24) is 4.90 Å². The molecule has 0 saturated carbocycles. The topological polar surface area (TPSA) is 64.8 Å². The van der Waals surface area contributed by atoms with Gasteiger partial charge in [0.1, 0.15) is 5.60 Å². The van der Waals surface area contributed by atoms with Gasteiger partial charge in [-0.3, -0.25) is 0 Å². The number of ether oxygens (including phenoxy) is 1. The van der Waals surface area contributed by atoms with E-state index in [4.69, 9.17) is 14.9 Å². The highest BCUT2D eigenvalue weighted by atomic mass is 28.4. The average molecular weight is 455 g/mol. The number of likely N-dealkylation sites (tertiary alicyclic amines) is 1. The van der Waals surface area contributed by atoms with E-state index in [2.05, 4.69) is 69.3 Å². The lowest BCUT2D eigenvalue weighted by atomic mass is 10.2. The molecule has 1 saturated heterocycles. The second-order valence-corrected chi connectivity index (χ2v) is 15.1. The lowest BCUT2D eigenvalue weighted by Crippen LogP contribution is -2.67. The standard InChI is InChI=1S/C26H38N2O3Si/c1-25(2,3)31-24(29)28-18-20(27)17-21(28)19-30-32(26(4,5)6,22-13-9-7-10-14-22)23-15-11-8-12-16-23/h7-16,20-21H,17-19,27H2,1-6H3/t20?,21-/m0/s1. The summed E-state index contributed by atoms with van der Waals surface area (Å²) >= 11 is 0. The van der Waals surface area contributed by atoms with Gasteiger partial charge < -0.3 is 19.8 Å². The smallest absolute Gasteiger partial charge is 0.410 e. The Morgan fingerprint density at radius 3 is 1.91 bits per heavy atom. The van der Waals surface area contributed by atoms with E-state index in [1.165, 1.54) is 10.4 Å². The van der Waals surface area contributed by atoms with Crippen LogP contribution in [0.3, 0.4) is 0 Å². The molecule has 1 amide bonds. The molecule has 0 radical (unpaired) electrons. The highest BCUT2D eigenvalue weighted by Gasteiger charge is 2.51. The van der Waals surface area contributed by atoms with E-state index >= 15 is 0 Å². The van der Waals surface area contributed by atoms with Gasteiger partial charge in [0.2, 0.25) is 0 Å². The van der Waals surface area contributed by atoms with E-state index in [0.29, 0.717) is 19.6 Å². The fourth-order valence-corrected chi connectivity index (χ4v) is 9.24. The number of carbonyl (C=O) groups is 1. The first-order valence-electron chi connectivity index (χ1n) is 11.4. The Hall–Kier alpha value is -2.15. The van der Waals surface area contributed by atoms with Crippen LogP contribution in [0.15, 0.2) is 60.7 Å². The zero-order chi connectivity index (χ0) is 23.6. The molecule has 3 rings (SSSR count). The Morgan fingerprint density at radius 2 is 1.47 bits per heavy atom. The van der Waals surface area contributed by atoms with Crippen LogP contribution >= 0.6 is 0 Å². The molecule has 1 aliphatic heterocycles. The van der Waals surface area contributed by atoms with Crippen molar-refractivity contribution < 1.29 is 14.0 Å². The number of hydrogen-bond acceptors (Lipinski definition) is 4. The highest BCUT2D eigenvalue weighted by Crippen LogP contribution is 2.37. The number of carbonyl (C=O) groups excluding carboxylic acids is 1. The van der Waals surface area contributed by atoms with Gasteiger partial charge in [0.25, 0.3) is 8.32 Å². The molecule has 0 spiro atoms. The molecule has 1 heterocycles. The van der Waals surface area contributed by atoms with E-state index in [0.717, 1.165) is 0 Å². The maximum absolute atomic E-state index is 12.9. The van der Waals surface area contributed by atoms with E-state index in [1.54, 1.807) is 4.90 Å². The molecule has 0 aliphatic carbocycles. The molecule has 2 aromatic carbocycles. The summed E-state index contributed by atoms with van der Waals surface area (Å²) in [6.07, 6.45) is 0.388. The molecular weight excluding hydrogens is 416 g/mol. The predicted octanol–water partition coefficient (Wildman–Crippen LogP) is 3.90. The summed E-state index contributed by atoms with van der Waals surface area (Å²) in [6.45, 7) is 13.3. The molecule has 2 aromatic rings. The quantitative estimate of drug-likeness (QED) is 0.696. The molecular formula is C26H38N2O3Si. The molecule has 174 valence electrons. The Morgan fingerprint density at radius 1 is 0.969 bits per heavy atom. The van der Waals surface area contributed by atoms with Crippen LogP contribution in [-0.4, -0.2) is 50.1 Å². The molecule has 1 aliphatic rings. The highest BCUT2D eigenvalue weighted by molar-refractivity contribution is 6.99. The third kappa shape index (κ3) is 5.25. The summed E-state index contributed by atoms with van der Waals surface area (Å²) in [7, 11) is -2.67. The Kier molecular flexibility index (Phi) is 7.17. The summed E-state index contributed by atoms with van der Waals surface area (Å²) in [5.41, 5.74) is 5.72. The second-order valence-electron chi connectivity index (χ2n) is 10.8. The number of hydrogen-bond donors (Lipinski definition) is 1. The van der Waals surface area contributed by atoms with Gasteiger partial charge >= 0.3 is 6.09 Å². The fraction of sp³-hybridized carbons (Fsp3) is 0.500. The monoisotopic (exact) mass is 454 g/mol. The first-order chi connectivity index (χ1) is 14.9. The lowest BCUT2D eigenvalue weighted by molar-refractivity contribution is 0.0182. The van der Waals surface area contributed by atoms with Crippen LogP contribution in [0.25, 0.3) is 0 Å². The van der Waals surface area contributed by atoms with Crippen molar-refractivity contribution in [3.05, 3.63) is 60.7 Å². The minimum Gasteiger partial charge on any atom is -0.444 e. The van der Waals surface area contributed by atoms with Crippen molar-refractivity contribution in [2.45, 2.75) is 70.7 Å². The summed E-state index contributed by atoms with van der Waals surface area (Å²) in [5.74, 6) is 0. The van der Waals surface area contributed by atoms with Crippen LogP contribution in [0.5, 0.6) is 0 Å². The van der Waals surface area contributed by atoms with Gasteiger partial charge in [-0.15, -0.1) is 0 Å². The van der Waals surface area contributed by atoms with Gasteiger partial charge in [-0.05, 0) is 42.6 Å². The number of nitrogens with zero attached hydrogens (tertiary/aromatic N) is 1. The van der Waals surface area contributed by atoms with Crippen molar-refractivity contribution in [3.63, 3.8) is 0 Å². The Bertz CT molecular complexity index is 851. The maximum Gasteiger partial charge on any atom is 0.410 e. The van der Waals surface area contributed by atoms with Crippen LogP contribution in [0.2, 0.25) is 5.04 Å². The molecule has 2 N–H and O–H groups in total. The summed E-state index contributed by atoms with van der Waals surface area (Å²) in [5, 5.41) is 2.34. The van der Waals surface area contributed by atoms with Crippen molar-refractivity contribution in [2.24, 2.45) is 5.73 Å². The third-order valence-electron chi connectivity index (χ3n) is 5.98. The van der Waals surface area contributed by atoms with Crippen molar-refractivity contribution >= 4 is 24.8 Å². The van der Waals surface area contributed by atoms with Gasteiger partial charge in [-0.2, -0.15) is 0 Å². The molecule has 32 heavy (non-hydrogen) atoms. The molecule has 0 bridgehead atoms. The molecule has 5 nitrogen and oxygen atoms in total. The van der Waals surface area contributed by atoms with Crippen LogP contribution < -0.4 is 16.1 Å². The van der Waals surface area contributed by atoms with Gasteiger partial charge in [0.15, 0.2) is 0 Å². The number of nitrogens with two attached hydrogens (primary N) is 1. The normalized spacial score (nSPS) is 19.8. The van der Waals surface area contributed by atoms with Crippen LogP contribution in [0.1, 0.15) is 48.0 Å². The van der Waals surface area contributed by atoms with E-state index in [1.807, 2.05) is 32.9 Å². The minimum atomic E-state index is -2.67. The van der Waals surface area contributed by atoms with Crippen molar-refractivity contribution in [2.75, 3.05) is 13.2 Å². The minimum absolute atomic E-state index is 0.0738. The van der Waals surface area contributed by atoms with Gasteiger partial charge in [-0.1, -0.05) is 81.4 Å². The van der Waals surface area contributed by atoms with Crippen LogP contribution in [0, 0.1) is 0 Å². The zero-order valence-electron chi connectivity index (χ0n) is 20.3. The van der Waals surface area contributed by atoms with E-state index in [-0.39, 0.29) is 23.2 Å². The molecule has 1 unspecified atom stereocenters. The fourth-order valence-electron chi connectivity index (χ4n) is 4.64. The van der Waals surface area contributed by atoms with Crippen LogP contribution in [-0.2, 0) is 9.16 Å². The lowest BCUT2D eigenvalue weighted by Gasteiger charge is -2.44. The number of benzene rings is 2. The first kappa shape index (κ1) is 24.5. The summed E-state index contributed by atoms with van der Waals surface area (Å²) in [6, 6.07) is 20.9. The third-order valence-corrected chi connectivity index (χ3v) is 11.0. The van der Waals surface area contributed by atoms with E-state index in [9.17, 15) is 4.79 Å². The predicted molar refractivity (Wildman–Crippen MR) is 133 cm³/mol. The maximum atomic E-state index is 12.9. The summed E-state index contributed by atoms with van der Waals surface area (Å²) < 4.78 is 12.7. The first-order valence-corrected chi connectivity index (χ1v) is 13.3. The Labute approximate surface area is 194 Å². The van der Waals surface area contributed by atoms with Crippen molar-refractivity contribution in [3.8, 4) is 0 Å². The number of amides is 1. The van der Waals surface area contributed by atoms with E-state index < -0.39 is 13.9 Å². The molecule has 6 heteroatoms. The van der Waals surface area contributed by atoms with Gasteiger partial charge in [-0.25, -0.2) is 4.79 Å². The van der Waals surface area contributed by atoms with Gasteiger partial charge in [0.05, 0.1) is 12.6 Å². The Balaban J connectivity index is 1.96. The molecule has 0 aromatic heterocycles. The number of rotatable bonds is 5. The largest absolute Gasteiger partial charge is 0.444 e. The van der Waals surface area contributed by atoms with Crippen LogP contribution in [0.4, 0.5) is 4.79 Å². The zero-order valence-corrected chi connectivity index (χ0v) is 21.3. The summed E-state index contributed by atoms with van der Waals surface area (Å²) in [4.78, 5) is 14.6. The molecule has 1 fully saturated rings. The molecule has 2 atom stereocenters. The second kappa shape index (κ2) is 9.38. The SMILES string of the molecule is CC(C)(C)OC(=O)N1CC(N)C[C@H]1CO[Si](c1ccccc1)(c1ccccc1)C(C)(C)C. The average Bonchev–Trinajstić information content (AvgIpc) is 3.09. The van der Waals surface area contributed by atoms with Gasteiger partial charge in [0, 0.05) is 12.6 Å². The van der Waals surface area contributed by atoms with Crippen molar-refractivity contribution in [1.29, 1.82) is 0 Å².